The van der Waals surface area contributed by atoms with Crippen LogP contribution in [0.3, 0.4) is 0 Å². The van der Waals surface area contributed by atoms with Crippen LogP contribution in [-0.2, 0) is 0 Å². The van der Waals surface area contributed by atoms with Crippen molar-refractivity contribution < 1.29 is 10.2 Å². The van der Waals surface area contributed by atoms with E-state index in [-0.39, 0.29) is 6.10 Å². The Morgan fingerprint density at radius 1 is 1.37 bits per heavy atom. The number of aromatic nitrogens is 3. The fourth-order valence-corrected chi connectivity index (χ4v) is 2.58. The third-order valence-electron chi connectivity index (χ3n) is 3.82. The van der Waals surface area contributed by atoms with Crippen LogP contribution in [0.5, 0.6) is 0 Å². The summed E-state index contributed by atoms with van der Waals surface area (Å²) in [5.41, 5.74) is 0.0239. The van der Waals surface area contributed by atoms with Crippen molar-refractivity contribution in [2.75, 3.05) is 11.9 Å². The number of rotatable bonds is 3. The molecule has 0 bridgehead atoms. The van der Waals surface area contributed by atoms with Crippen LogP contribution in [0.2, 0.25) is 0 Å². The van der Waals surface area contributed by atoms with Gasteiger partial charge in [0.2, 0.25) is 0 Å². The Balaban J connectivity index is 1.70. The molecule has 3 rings (SSSR count). The second-order valence-corrected chi connectivity index (χ2v) is 5.27. The van der Waals surface area contributed by atoms with E-state index in [1.54, 1.807) is 0 Å². The highest BCUT2D eigenvalue weighted by Crippen LogP contribution is 2.29. The van der Waals surface area contributed by atoms with Gasteiger partial charge in [0.25, 0.3) is 0 Å². The molecule has 0 spiro atoms. The Hall–Kier alpha value is -1.66. The third kappa shape index (κ3) is 2.54. The lowest BCUT2D eigenvalue weighted by Gasteiger charge is -2.34. The maximum absolute atomic E-state index is 10.4. The zero-order valence-corrected chi connectivity index (χ0v) is 10.6. The van der Waals surface area contributed by atoms with Gasteiger partial charge in [-0.05, 0) is 31.7 Å². The largest absolute Gasteiger partial charge is 0.393 e. The van der Waals surface area contributed by atoms with E-state index < -0.39 is 5.60 Å². The van der Waals surface area contributed by atoms with Crippen molar-refractivity contribution in [3.8, 4) is 0 Å². The van der Waals surface area contributed by atoms with Crippen LogP contribution in [0.4, 0.5) is 5.82 Å². The minimum absolute atomic E-state index is 0.268. The highest BCUT2D eigenvalue weighted by Gasteiger charge is 2.32. The first-order valence-corrected chi connectivity index (χ1v) is 6.59. The summed E-state index contributed by atoms with van der Waals surface area (Å²) in [4.78, 5) is 11.4. The summed E-state index contributed by atoms with van der Waals surface area (Å²) in [6, 6.07) is 1.91. The normalized spacial score (nSPS) is 27.6. The number of aliphatic hydroxyl groups excluding tert-OH is 1. The average molecular weight is 262 g/mol. The molecular formula is C13H18N4O2. The molecule has 102 valence electrons. The number of nitrogens with one attached hydrogen (secondary N) is 2. The van der Waals surface area contributed by atoms with Gasteiger partial charge >= 0.3 is 0 Å². The Morgan fingerprint density at radius 3 is 2.95 bits per heavy atom. The molecule has 4 N–H and O–H groups in total. The first kappa shape index (κ1) is 12.4. The van der Waals surface area contributed by atoms with Gasteiger partial charge in [-0.25, -0.2) is 9.97 Å². The van der Waals surface area contributed by atoms with Gasteiger partial charge in [0.15, 0.2) is 0 Å². The van der Waals surface area contributed by atoms with Crippen molar-refractivity contribution in [3.05, 3.63) is 18.6 Å². The molecule has 2 aromatic rings. The topological polar surface area (TPSA) is 94.1 Å². The molecule has 19 heavy (non-hydrogen) atoms. The van der Waals surface area contributed by atoms with Crippen LogP contribution < -0.4 is 5.32 Å². The Kier molecular flexibility index (Phi) is 3.12. The van der Waals surface area contributed by atoms with Crippen molar-refractivity contribution in [1.29, 1.82) is 0 Å². The summed E-state index contributed by atoms with van der Waals surface area (Å²) in [7, 11) is 0. The second-order valence-electron chi connectivity index (χ2n) is 5.27. The summed E-state index contributed by atoms with van der Waals surface area (Å²) >= 11 is 0. The molecule has 0 aromatic carbocycles. The Morgan fingerprint density at radius 2 is 2.16 bits per heavy atom. The molecule has 6 nitrogen and oxygen atoms in total. The molecule has 0 atom stereocenters. The van der Waals surface area contributed by atoms with E-state index >= 15 is 0 Å². The standard InChI is InChI=1S/C13H18N4O2/c18-9-1-4-13(19,5-2-9)7-15-12-10-3-6-14-11(10)16-8-17-12/h3,6,8-9,18-19H,1-2,4-5,7H2,(H2,14,15,16,17). The quantitative estimate of drug-likeness (QED) is 0.663. The molecule has 0 aliphatic heterocycles. The zero-order chi connectivity index (χ0) is 13.3. The molecule has 2 aromatic heterocycles. The van der Waals surface area contributed by atoms with Crippen molar-refractivity contribution in [1.82, 2.24) is 15.0 Å². The maximum Gasteiger partial charge on any atom is 0.142 e. The number of hydrogen-bond acceptors (Lipinski definition) is 5. The minimum atomic E-state index is -0.757. The van der Waals surface area contributed by atoms with Crippen LogP contribution in [-0.4, -0.2) is 43.4 Å². The van der Waals surface area contributed by atoms with Crippen molar-refractivity contribution in [3.63, 3.8) is 0 Å². The van der Waals surface area contributed by atoms with Gasteiger partial charge < -0.3 is 20.5 Å². The molecule has 0 saturated heterocycles. The molecule has 0 unspecified atom stereocenters. The summed E-state index contributed by atoms with van der Waals surface area (Å²) < 4.78 is 0. The van der Waals surface area contributed by atoms with Crippen LogP contribution in [0.1, 0.15) is 25.7 Å². The van der Waals surface area contributed by atoms with Gasteiger partial charge in [-0.15, -0.1) is 0 Å². The van der Waals surface area contributed by atoms with E-state index in [0.717, 1.165) is 16.9 Å². The van der Waals surface area contributed by atoms with E-state index in [4.69, 9.17) is 0 Å². The zero-order valence-electron chi connectivity index (χ0n) is 10.6. The SMILES string of the molecule is OC1CCC(O)(CNc2ncnc3[nH]ccc23)CC1. The summed E-state index contributed by atoms with van der Waals surface area (Å²) in [6.45, 7) is 0.441. The van der Waals surface area contributed by atoms with Crippen LogP contribution in [0.25, 0.3) is 11.0 Å². The molecule has 1 fully saturated rings. The van der Waals surface area contributed by atoms with Crippen LogP contribution in [0, 0.1) is 0 Å². The lowest BCUT2D eigenvalue weighted by atomic mass is 9.83. The van der Waals surface area contributed by atoms with Gasteiger partial charge in [-0.3, -0.25) is 0 Å². The van der Waals surface area contributed by atoms with E-state index in [1.807, 2.05) is 12.3 Å². The van der Waals surface area contributed by atoms with Crippen LogP contribution >= 0.6 is 0 Å². The lowest BCUT2D eigenvalue weighted by Crippen LogP contribution is -2.41. The first-order chi connectivity index (χ1) is 9.16. The molecule has 2 heterocycles. The number of H-pyrrole nitrogens is 1. The van der Waals surface area contributed by atoms with Crippen molar-refractivity contribution >= 4 is 16.9 Å². The Bertz CT molecular complexity index is 561. The molecule has 1 aliphatic carbocycles. The van der Waals surface area contributed by atoms with E-state index in [9.17, 15) is 10.2 Å². The first-order valence-electron chi connectivity index (χ1n) is 6.59. The maximum atomic E-state index is 10.4. The van der Waals surface area contributed by atoms with Gasteiger partial charge in [-0.2, -0.15) is 0 Å². The number of fused-ring (bicyclic) bond motifs is 1. The Labute approximate surface area is 110 Å². The molecular weight excluding hydrogens is 244 g/mol. The minimum Gasteiger partial charge on any atom is -0.393 e. The number of nitrogens with zero attached hydrogens (tertiary/aromatic N) is 2. The van der Waals surface area contributed by atoms with Gasteiger partial charge in [0.1, 0.15) is 17.8 Å². The highest BCUT2D eigenvalue weighted by molar-refractivity contribution is 5.86. The summed E-state index contributed by atoms with van der Waals surface area (Å²) in [6.07, 6.45) is 5.58. The smallest absolute Gasteiger partial charge is 0.142 e. The number of hydrogen-bond donors (Lipinski definition) is 4. The van der Waals surface area contributed by atoms with E-state index in [1.165, 1.54) is 6.33 Å². The fourth-order valence-electron chi connectivity index (χ4n) is 2.58. The van der Waals surface area contributed by atoms with Crippen molar-refractivity contribution in [2.45, 2.75) is 37.4 Å². The van der Waals surface area contributed by atoms with Crippen LogP contribution in [0.15, 0.2) is 18.6 Å². The fraction of sp³-hybridized carbons (Fsp3) is 0.538. The molecule has 1 aliphatic rings. The lowest BCUT2D eigenvalue weighted by molar-refractivity contribution is -0.0217. The summed E-state index contributed by atoms with van der Waals surface area (Å²) in [5.74, 6) is 0.728. The second kappa shape index (κ2) is 4.79. The third-order valence-corrected chi connectivity index (χ3v) is 3.82. The predicted octanol–water partition coefficient (Wildman–Crippen LogP) is 1.04. The number of aliphatic hydroxyl groups is 2. The van der Waals surface area contributed by atoms with Gasteiger partial charge in [0.05, 0.1) is 17.1 Å². The molecule has 0 amide bonds. The summed E-state index contributed by atoms with van der Waals surface area (Å²) in [5, 5.41) is 24.0. The molecule has 1 saturated carbocycles. The van der Waals surface area contributed by atoms with Gasteiger partial charge in [-0.1, -0.05) is 0 Å². The predicted molar refractivity (Wildman–Crippen MR) is 71.8 cm³/mol. The number of aromatic amines is 1. The highest BCUT2D eigenvalue weighted by atomic mass is 16.3. The van der Waals surface area contributed by atoms with Gasteiger partial charge in [0, 0.05) is 12.7 Å². The average Bonchev–Trinajstić information content (AvgIpc) is 2.89. The van der Waals surface area contributed by atoms with E-state index in [0.29, 0.717) is 32.2 Å². The molecule has 6 heteroatoms. The monoisotopic (exact) mass is 262 g/mol. The van der Waals surface area contributed by atoms with Crippen molar-refractivity contribution in [2.24, 2.45) is 0 Å². The molecule has 0 radical (unpaired) electrons. The van der Waals surface area contributed by atoms with E-state index in [2.05, 4.69) is 20.3 Å². The number of anilines is 1.